The van der Waals surface area contributed by atoms with Gasteiger partial charge in [-0.05, 0) is 55.4 Å². The van der Waals surface area contributed by atoms with Crippen LogP contribution in [0.2, 0.25) is 0 Å². The fraction of sp³-hybridized carbons (Fsp3) is 0.500. The second-order valence-corrected chi connectivity index (χ2v) is 5.63. The van der Waals surface area contributed by atoms with Crippen molar-refractivity contribution in [3.8, 4) is 0 Å². The molecule has 2 aromatic rings. The molecule has 1 heterocycles. The van der Waals surface area contributed by atoms with Gasteiger partial charge in [0.1, 0.15) is 0 Å². The molecule has 1 aliphatic rings. The highest BCUT2D eigenvalue weighted by atomic mass is 16.5. The number of nitrogens with zero attached hydrogens (tertiary/aromatic N) is 1. The molecule has 102 valence electrons. The first-order valence-corrected chi connectivity index (χ1v) is 7.14. The summed E-state index contributed by atoms with van der Waals surface area (Å²) in [7, 11) is 1.75. The van der Waals surface area contributed by atoms with Crippen LogP contribution in [0.4, 0.5) is 5.69 Å². The number of nitrogen functional groups attached to an aromatic ring is 1. The molecule has 1 saturated carbocycles. The van der Waals surface area contributed by atoms with Crippen LogP contribution in [0, 0.1) is 5.92 Å². The number of aromatic nitrogens is 1. The van der Waals surface area contributed by atoms with Gasteiger partial charge >= 0.3 is 0 Å². The molecule has 0 spiro atoms. The highest BCUT2D eigenvalue weighted by Gasteiger charge is 2.22. The van der Waals surface area contributed by atoms with Gasteiger partial charge in [0.2, 0.25) is 0 Å². The molecule has 3 heteroatoms. The smallest absolute Gasteiger partial charge is 0.0514 e. The quantitative estimate of drug-likeness (QED) is 0.638. The number of nitrogens with two attached hydrogens (primary N) is 1. The van der Waals surface area contributed by atoms with Crippen molar-refractivity contribution in [2.24, 2.45) is 5.92 Å². The molecule has 0 aliphatic heterocycles. The Morgan fingerprint density at radius 1 is 1.37 bits per heavy atom. The molecule has 0 amide bonds. The Morgan fingerprint density at radius 3 is 2.95 bits per heavy atom. The maximum Gasteiger partial charge on any atom is 0.0514 e. The molecule has 0 bridgehead atoms. The van der Waals surface area contributed by atoms with Crippen LogP contribution in [-0.2, 0) is 17.7 Å². The van der Waals surface area contributed by atoms with E-state index in [-0.39, 0.29) is 0 Å². The number of anilines is 1. The van der Waals surface area contributed by atoms with E-state index < -0.39 is 0 Å². The van der Waals surface area contributed by atoms with E-state index in [1.54, 1.807) is 7.11 Å². The predicted octanol–water partition coefficient (Wildman–Crippen LogP) is 3.21. The maximum absolute atomic E-state index is 6.01. The van der Waals surface area contributed by atoms with E-state index in [9.17, 15) is 0 Å². The summed E-state index contributed by atoms with van der Waals surface area (Å²) in [6.45, 7) is 1.96. The second-order valence-electron chi connectivity index (χ2n) is 5.63. The molecule has 1 aromatic carbocycles. The van der Waals surface area contributed by atoms with Crippen LogP contribution in [-0.4, -0.2) is 18.3 Å². The minimum Gasteiger partial charge on any atom is -0.399 e. The molecule has 1 fully saturated rings. The highest BCUT2D eigenvalue weighted by molar-refractivity contribution is 5.86. The Labute approximate surface area is 114 Å². The van der Waals surface area contributed by atoms with Crippen LogP contribution >= 0.6 is 0 Å². The molecular formula is C16H22N2O. The number of benzene rings is 1. The van der Waals surface area contributed by atoms with Crippen LogP contribution in [0.1, 0.15) is 24.8 Å². The molecule has 3 rings (SSSR count). The van der Waals surface area contributed by atoms with Gasteiger partial charge in [-0.2, -0.15) is 0 Å². The number of hydrogen-bond donors (Lipinski definition) is 1. The monoisotopic (exact) mass is 258 g/mol. The van der Waals surface area contributed by atoms with Crippen LogP contribution in [0.3, 0.4) is 0 Å². The number of rotatable bonds is 6. The second kappa shape index (κ2) is 5.25. The van der Waals surface area contributed by atoms with Crippen molar-refractivity contribution < 1.29 is 4.74 Å². The van der Waals surface area contributed by atoms with Crippen LogP contribution in [0.15, 0.2) is 24.4 Å². The summed E-state index contributed by atoms with van der Waals surface area (Å²) in [5.74, 6) is 0.889. The summed E-state index contributed by atoms with van der Waals surface area (Å²) < 4.78 is 7.57. The summed E-state index contributed by atoms with van der Waals surface area (Å²) in [5.41, 5.74) is 9.61. The average molecular weight is 258 g/mol. The lowest BCUT2D eigenvalue weighted by Gasteiger charge is -2.10. The Morgan fingerprint density at radius 2 is 2.21 bits per heavy atom. The molecule has 3 nitrogen and oxygen atoms in total. The normalized spacial score (nSPS) is 15.2. The Bertz CT molecular complexity index is 569. The summed E-state index contributed by atoms with van der Waals surface area (Å²) in [6.07, 6.45) is 7.05. The van der Waals surface area contributed by atoms with Gasteiger partial charge < -0.3 is 15.0 Å². The van der Waals surface area contributed by atoms with Gasteiger partial charge in [0.05, 0.1) is 5.52 Å². The van der Waals surface area contributed by atoms with E-state index in [1.165, 1.54) is 29.3 Å². The SMILES string of the molecule is COCCCc1cc(N)cc2ccn(CC3CC3)c12. The van der Waals surface area contributed by atoms with Gasteiger partial charge in [-0.15, -0.1) is 0 Å². The fourth-order valence-electron chi connectivity index (χ4n) is 2.79. The zero-order valence-electron chi connectivity index (χ0n) is 11.6. The van der Waals surface area contributed by atoms with Crippen LogP contribution in [0.25, 0.3) is 10.9 Å². The first-order chi connectivity index (χ1) is 9.28. The van der Waals surface area contributed by atoms with Gasteiger partial charge in [-0.1, -0.05) is 0 Å². The van der Waals surface area contributed by atoms with Crippen molar-refractivity contribution in [3.05, 3.63) is 30.0 Å². The minimum absolute atomic E-state index is 0.805. The van der Waals surface area contributed by atoms with E-state index in [2.05, 4.69) is 29.0 Å². The highest BCUT2D eigenvalue weighted by Crippen LogP contribution is 2.33. The molecule has 0 saturated heterocycles. The Hall–Kier alpha value is -1.48. The van der Waals surface area contributed by atoms with E-state index in [4.69, 9.17) is 10.5 Å². The molecule has 0 atom stereocenters. The summed E-state index contributed by atoms with van der Waals surface area (Å²) in [5, 5.41) is 1.27. The summed E-state index contributed by atoms with van der Waals surface area (Å²) in [4.78, 5) is 0. The van der Waals surface area contributed by atoms with Gasteiger partial charge in [0, 0.05) is 37.5 Å². The Balaban J connectivity index is 1.93. The van der Waals surface area contributed by atoms with E-state index in [0.29, 0.717) is 0 Å². The van der Waals surface area contributed by atoms with Crippen molar-refractivity contribution in [1.29, 1.82) is 0 Å². The standard InChI is InChI=1S/C16H22N2O/c1-19-8-2-3-13-9-15(17)10-14-6-7-18(16(13)14)11-12-4-5-12/h6-7,9-10,12H,2-5,8,11,17H2,1H3. The lowest BCUT2D eigenvalue weighted by atomic mass is 10.1. The van der Waals surface area contributed by atoms with Crippen molar-refractivity contribution in [1.82, 2.24) is 4.57 Å². The third-order valence-corrected chi connectivity index (χ3v) is 3.91. The topological polar surface area (TPSA) is 40.2 Å². The third-order valence-electron chi connectivity index (χ3n) is 3.91. The first kappa shape index (κ1) is 12.5. The van der Waals surface area contributed by atoms with Crippen molar-refractivity contribution in [3.63, 3.8) is 0 Å². The van der Waals surface area contributed by atoms with Crippen molar-refractivity contribution in [2.45, 2.75) is 32.2 Å². The first-order valence-electron chi connectivity index (χ1n) is 7.14. The molecule has 0 radical (unpaired) electrons. The molecule has 2 N–H and O–H groups in total. The van der Waals surface area contributed by atoms with Crippen LogP contribution in [0.5, 0.6) is 0 Å². The lowest BCUT2D eigenvalue weighted by Crippen LogP contribution is -2.02. The lowest BCUT2D eigenvalue weighted by molar-refractivity contribution is 0.195. The van der Waals surface area contributed by atoms with Crippen molar-refractivity contribution in [2.75, 3.05) is 19.5 Å². The number of aryl methyl sites for hydroxylation is 1. The van der Waals surface area contributed by atoms with E-state index in [0.717, 1.165) is 37.6 Å². The predicted molar refractivity (Wildman–Crippen MR) is 79.3 cm³/mol. The number of hydrogen-bond acceptors (Lipinski definition) is 2. The number of ether oxygens (including phenoxy) is 1. The van der Waals surface area contributed by atoms with Gasteiger partial charge in [0.25, 0.3) is 0 Å². The van der Waals surface area contributed by atoms with Gasteiger partial charge in [-0.3, -0.25) is 0 Å². The van der Waals surface area contributed by atoms with E-state index in [1.807, 2.05) is 0 Å². The summed E-state index contributed by atoms with van der Waals surface area (Å²) in [6, 6.07) is 6.40. The van der Waals surface area contributed by atoms with Gasteiger partial charge in [0.15, 0.2) is 0 Å². The minimum atomic E-state index is 0.805. The zero-order valence-corrected chi connectivity index (χ0v) is 11.6. The molecule has 1 aromatic heterocycles. The molecule has 0 unspecified atom stereocenters. The number of methoxy groups -OCH3 is 1. The van der Waals surface area contributed by atoms with E-state index >= 15 is 0 Å². The van der Waals surface area contributed by atoms with Crippen molar-refractivity contribution >= 4 is 16.6 Å². The molecular weight excluding hydrogens is 236 g/mol. The Kier molecular flexibility index (Phi) is 3.47. The summed E-state index contributed by atoms with van der Waals surface area (Å²) >= 11 is 0. The zero-order chi connectivity index (χ0) is 13.2. The maximum atomic E-state index is 6.01. The van der Waals surface area contributed by atoms with Crippen LogP contribution < -0.4 is 5.73 Å². The number of fused-ring (bicyclic) bond motifs is 1. The average Bonchev–Trinajstić information content (AvgIpc) is 3.10. The fourth-order valence-corrected chi connectivity index (χ4v) is 2.79. The largest absolute Gasteiger partial charge is 0.399 e. The molecule has 19 heavy (non-hydrogen) atoms. The molecule has 1 aliphatic carbocycles. The van der Waals surface area contributed by atoms with Gasteiger partial charge in [-0.25, -0.2) is 0 Å². The third kappa shape index (κ3) is 2.76.